The van der Waals surface area contributed by atoms with Gasteiger partial charge in [0.2, 0.25) is 0 Å². The Morgan fingerprint density at radius 2 is 0.867 bits per heavy atom. The molecule has 0 radical (unpaired) electrons. The number of benzene rings is 2. The number of carbonyl (C=O) groups excluding carboxylic acids is 4. The van der Waals surface area contributed by atoms with E-state index in [1.54, 1.807) is 18.2 Å². The number of hydrogen-bond donors (Lipinski definition) is 0. The highest BCUT2D eigenvalue weighted by Crippen LogP contribution is 2.44. The molecule has 3 aromatic rings. The molecule has 0 saturated heterocycles. The summed E-state index contributed by atoms with van der Waals surface area (Å²) in [6.45, 7) is 4.35. The van der Waals surface area contributed by atoms with Gasteiger partial charge in [-0.15, -0.1) is 0 Å². The fourth-order valence-electron chi connectivity index (χ4n) is 7.97. The molecule has 2 aromatic carbocycles. The van der Waals surface area contributed by atoms with Crippen LogP contribution in [0.25, 0.3) is 11.0 Å². The number of rotatable bonds is 32. The van der Waals surface area contributed by atoms with Crippen molar-refractivity contribution < 1.29 is 28.7 Å². The fraction of sp³-hybridized carbons (Fsp3) is 0.633. The first-order valence-corrected chi connectivity index (χ1v) is 24.0. The second-order valence-electron chi connectivity index (χ2n) is 16.5. The van der Waals surface area contributed by atoms with Crippen molar-refractivity contribution in [2.75, 3.05) is 0 Å². The third kappa shape index (κ3) is 16.0. The number of imide groups is 1. The average Bonchev–Trinajstić information content (AvgIpc) is 3.48. The van der Waals surface area contributed by atoms with Crippen LogP contribution in [0.4, 0.5) is 0 Å². The number of aromatic nitrogens is 2. The molecule has 0 saturated carbocycles. The average molecular weight is 867 g/mol. The van der Waals surface area contributed by atoms with Crippen LogP contribution in [0.5, 0.6) is 11.5 Å². The monoisotopic (exact) mass is 865 g/mol. The third-order valence-electron chi connectivity index (χ3n) is 11.5. The molecule has 2 heterocycles. The summed E-state index contributed by atoms with van der Waals surface area (Å²) in [5.74, 6) is -2.79. The number of unbranched alkanes of at least 4 members (excludes halogenated alkanes) is 24. The molecule has 1 aliphatic heterocycles. The zero-order valence-electron chi connectivity index (χ0n) is 36.4. The number of hydrogen-bond acceptors (Lipinski definition) is 8. The molecule has 0 spiro atoms. The van der Waals surface area contributed by atoms with Crippen LogP contribution >= 0.6 is 23.2 Å². The minimum atomic E-state index is -0.703. The summed E-state index contributed by atoms with van der Waals surface area (Å²) in [6.07, 6.45) is 33.8. The maximum Gasteiger partial charge on any atom is 0.311 e. The summed E-state index contributed by atoms with van der Waals surface area (Å²) in [5.41, 5.74) is 0.347. The predicted octanol–water partition coefficient (Wildman–Crippen LogP) is 14.5. The van der Waals surface area contributed by atoms with E-state index in [0.717, 1.165) is 43.4 Å². The highest BCUT2D eigenvalue weighted by molar-refractivity contribution is 6.42. The first-order chi connectivity index (χ1) is 29.3. The SMILES string of the molecule is CCCCCCCCCCCCCCCC(=O)Oc1c2c(c(OC(=O)CCCCCCCCCCCCCCC)c3nccnc13)C(=O)N(Cc1ccc(Cl)c(Cl)c1)C2=O. The molecule has 0 fully saturated rings. The second-order valence-corrected chi connectivity index (χ2v) is 17.4. The molecular formula is C49H69Cl2N3O6. The molecule has 1 aliphatic rings. The Morgan fingerprint density at radius 3 is 1.22 bits per heavy atom. The topological polar surface area (TPSA) is 116 Å². The van der Waals surface area contributed by atoms with Crippen molar-refractivity contribution in [1.82, 2.24) is 14.9 Å². The van der Waals surface area contributed by atoms with Gasteiger partial charge in [0.05, 0.1) is 16.6 Å². The molecule has 0 aliphatic carbocycles. The number of carbonyl (C=O) groups is 4. The molecule has 0 N–H and O–H groups in total. The summed E-state index contributed by atoms with van der Waals surface area (Å²) in [6, 6.07) is 4.84. The molecule has 11 heteroatoms. The van der Waals surface area contributed by atoms with Crippen molar-refractivity contribution in [3.63, 3.8) is 0 Å². The highest BCUT2D eigenvalue weighted by Gasteiger charge is 2.44. The van der Waals surface area contributed by atoms with Gasteiger partial charge in [-0.3, -0.25) is 24.1 Å². The van der Waals surface area contributed by atoms with E-state index in [9.17, 15) is 19.2 Å². The first kappa shape index (κ1) is 49.1. The highest BCUT2D eigenvalue weighted by atomic mass is 35.5. The lowest BCUT2D eigenvalue weighted by atomic mass is 10.0. The van der Waals surface area contributed by atoms with E-state index in [4.69, 9.17) is 32.7 Å². The summed E-state index contributed by atoms with van der Waals surface area (Å²) in [4.78, 5) is 65.0. The van der Waals surface area contributed by atoms with Gasteiger partial charge in [0.25, 0.3) is 11.8 Å². The van der Waals surface area contributed by atoms with E-state index in [1.165, 1.54) is 128 Å². The standard InChI is InChI=1S/C49H69Cl2N3O6/c1-3-5-7-9-11-13-15-17-19-21-23-25-27-29-40(55)59-46-42-43(49(58)54(48(42)57)36-37-31-32-38(50)39(51)35-37)47(45-44(46)52-33-34-53-45)60-41(56)30-28-26-24-22-20-18-16-14-12-10-8-6-4-2/h31-35H,3-30,36H2,1-2H3. The van der Waals surface area contributed by atoms with E-state index in [0.29, 0.717) is 23.4 Å². The minimum absolute atomic E-state index is 0.0660. The van der Waals surface area contributed by atoms with Gasteiger partial charge in [-0.2, -0.15) is 0 Å². The Bertz CT molecular complexity index is 1710. The molecule has 2 amide bonds. The van der Waals surface area contributed by atoms with Crippen LogP contribution < -0.4 is 9.47 Å². The van der Waals surface area contributed by atoms with Crippen molar-refractivity contribution in [2.24, 2.45) is 0 Å². The van der Waals surface area contributed by atoms with Crippen molar-refractivity contribution in [3.8, 4) is 11.5 Å². The van der Waals surface area contributed by atoms with Crippen molar-refractivity contribution in [3.05, 3.63) is 57.3 Å². The molecule has 0 bridgehead atoms. The normalized spacial score (nSPS) is 12.4. The Labute approximate surface area is 369 Å². The van der Waals surface area contributed by atoms with E-state index >= 15 is 0 Å². The van der Waals surface area contributed by atoms with E-state index < -0.39 is 23.8 Å². The molecule has 9 nitrogen and oxygen atoms in total. The van der Waals surface area contributed by atoms with Gasteiger partial charge >= 0.3 is 11.9 Å². The fourth-order valence-corrected chi connectivity index (χ4v) is 8.29. The molecular weight excluding hydrogens is 797 g/mol. The maximum atomic E-state index is 14.2. The predicted molar refractivity (Wildman–Crippen MR) is 242 cm³/mol. The van der Waals surface area contributed by atoms with Crippen LogP contribution in [0.1, 0.15) is 220 Å². The van der Waals surface area contributed by atoms with Crippen molar-refractivity contribution in [2.45, 2.75) is 200 Å². The molecule has 60 heavy (non-hydrogen) atoms. The molecule has 0 unspecified atom stereocenters. The maximum absolute atomic E-state index is 14.2. The molecule has 4 rings (SSSR count). The van der Waals surface area contributed by atoms with Gasteiger partial charge in [-0.25, -0.2) is 9.97 Å². The lowest BCUT2D eigenvalue weighted by Gasteiger charge is -2.14. The van der Waals surface area contributed by atoms with Crippen molar-refractivity contribution >= 4 is 58.0 Å². The molecule has 0 atom stereocenters. The van der Waals surface area contributed by atoms with Crippen LogP contribution in [0.15, 0.2) is 30.6 Å². The lowest BCUT2D eigenvalue weighted by molar-refractivity contribution is -0.135. The van der Waals surface area contributed by atoms with E-state index in [1.807, 2.05) is 0 Å². The quantitative estimate of drug-likeness (QED) is 0.0264. The summed E-state index contributed by atoms with van der Waals surface area (Å²) >= 11 is 12.4. The van der Waals surface area contributed by atoms with Gasteiger partial charge < -0.3 is 9.47 Å². The number of amides is 2. The van der Waals surface area contributed by atoms with Crippen LogP contribution in [0, 0.1) is 0 Å². The van der Waals surface area contributed by atoms with Gasteiger partial charge in [0.15, 0.2) is 11.5 Å². The zero-order valence-corrected chi connectivity index (χ0v) is 38.0. The number of halogens is 2. The Balaban J connectivity index is 1.38. The molecule has 1 aromatic heterocycles. The summed E-state index contributed by atoms with van der Waals surface area (Å²) < 4.78 is 11.8. The van der Waals surface area contributed by atoms with Gasteiger partial charge in [0, 0.05) is 25.2 Å². The Morgan fingerprint density at radius 1 is 0.517 bits per heavy atom. The van der Waals surface area contributed by atoms with Crippen LogP contribution in [0.2, 0.25) is 10.0 Å². The number of nitrogens with zero attached hydrogens (tertiary/aromatic N) is 3. The number of ether oxygens (including phenoxy) is 2. The summed E-state index contributed by atoms with van der Waals surface area (Å²) in [7, 11) is 0. The zero-order chi connectivity index (χ0) is 43.0. The Kier molecular flexibility index (Phi) is 23.0. The first-order valence-electron chi connectivity index (χ1n) is 23.3. The Hall–Kier alpha value is -3.56. The minimum Gasteiger partial charge on any atom is -0.423 e. The van der Waals surface area contributed by atoms with E-state index in [-0.39, 0.29) is 58.1 Å². The van der Waals surface area contributed by atoms with Gasteiger partial charge in [-0.1, -0.05) is 197 Å². The number of esters is 2. The van der Waals surface area contributed by atoms with Gasteiger partial charge in [-0.05, 0) is 30.5 Å². The van der Waals surface area contributed by atoms with Crippen LogP contribution in [-0.2, 0) is 16.1 Å². The third-order valence-corrected chi connectivity index (χ3v) is 12.2. The summed E-state index contributed by atoms with van der Waals surface area (Å²) in [5, 5.41) is 0.608. The lowest BCUT2D eigenvalue weighted by Crippen LogP contribution is -2.29. The van der Waals surface area contributed by atoms with Gasteiger partial charge in [0.1, 0.15) is 22.2 Å². The second kappa shape index (κ2) is 28.1. The largest absolute Gasteiger partial charge is 0.423 e. The van der Waals surface area contributed by atoms with Crippen LogP contribution in [0.3, 0.4) is 0 Å². The van der Waals surface area contributed by atoms with E-state index in [2.05, 4.69) is 23.8 Å². The van der Waals surface area contributed by atoms with Crippen LogP contribution in [-0.4, -0.2) is 38.6 Å². The smallest absolute Gasteiger partial charge is 0.311 e. The van der Waals surface area contributed by atoms with Crippen molar-refractivity contribution in [1.29, 1.82) is 0 Å². The number of fused-ring (bicyclic) bond motifs is 2. The molecule has 330 valence electrons.